The third kappa shape index (κ3) is 6.32. The number of anilines is 1. The molecule has 1 saturated heterocycles. The Morgan fingerprint density at radius 3 is 2.61 bits per heavy atom. The number of fused-ring (bicyclic) bond motifs is 2. The Hall–Kier alpha value is -3.90. The largest absolute Gasteiger partial charge is 0.496 e. The van der Waals surface area contributed by atoms with Gasteiger partial charge in [-0.3, -0.25) is 14.4 Å². The van der Waals surface area contributed by atoms with Crippen molar-refractivity contribution in [1.29, 1.82) is 0 Å². The average molecular weight is 615 g/mol. The van der Waals surface area contributed by atoms with Crippen molar-refractivity contribution in [2.45, 2.75) is 52.3 Å². The van der Waals surface area contributed by atoms with Crippen LogP contribution in [0.15, 0.2) is 30.5 Å². The van der Waals surface area contributed by atoms with Crippen LogP contribution in [0.4, 0.5) is 19.3 Å². The van der Waals surface area contributed by atoms with E-state index in [2.05, 4.69) is 10.2 Å². The smallest absolute Gasteiger partial charge is 0.419 e. The number of alkyl halides is 2. The second-order valence-electron chi connectivity index (χ2n) is 12.1. The van der Waals surface area contributed by atoms with Gasteiger partial charge in [0, 0.05) is 55.4 Å². The standard InChI is InChI=1S/C32H40F2N4O6/c1-19-15-25(41-5)23(20-9-11-38(28(19)20)31(40)44-32(2,3)4)16-37-13-12-36(18-26(33)34)17-24(37)21-7-8-22(30(39)42-6)27-29(21)43-14-10-35-27/h7-9,11,15,24,26,35H,10,12-14,16-18H2,1-6H3/t24-/m1/s1. The molecule has 44 heavy (non-hydrogen) atoms. The molecule has 3 heterocycles. The van der Waals surface area contributed by atoms with Crippen LogP contribution >= 0.6 is 0 Å². The number of aromatic nitrogens is 1. The van der Waals surface area contributed by atoms with E-state index in [9.17, 15) is 18.4 Å². The topological polar surface area (TPSA) is 94.5 Å². The molecule has 1 fully saturated rings. The molecule has 0 radical (unpaired) electrons. The SMILES string of the molecule is COC(=O)c1ccc([C@H]2CN(CC(F)F)CCN2Cc2c(OC)cc(C)c3c2ccn3C(=O)OC(C)(C)C)c2c1NCCO2. The van der Waals surface area contributed by atoms with Gasteiger partial charge in [-0.25, -0.2) is 18.4 Å². The number of esters is 1. The fourth-order valence-electron chi connectivity index (χ4n) is 6.10. The van der Waals surface area contributed by atoms with Gasteiger partial charge in [0.05, 0.1) is 43.6 Å². The van der Waals surface area contributed by atoms with Crippen LogP contribution < -0.4 is 14.8 Å². The highest BCUT2D eigenvalue weighted by molar-refractivity contribution is 5.98. The van der Waals surface area contributed by atoms with E-state index in [1.807, 2.05) is 45.9 Å². The zero-order valence-electron chi connectivity index (χ0n) is 26.0. The lowest BCUT2D eigenvalue weighted by Crippen LogP contribution is -2.49. The molecule has 1 atom stereocenters. The van der Waals surface area contributed by atoms with E-state index in [1.54, 1.807) is 24.3 Å². The van der Waals surface area contributed by atoms with Crippen molar-refractivity contribution in [1.82, 2.24) is 14.4 Å². The minimum atomic E-state index is -2.47. The van der Waals surface area contributed by atoms with E-state index < -0.39 is 24.1 Å². The van der Waals surface area contributed by atoms with Gasteiger partial charge in [0.2, 0.25) is 0 Å². The van der Waals surface area contributed by atoms with Crippen molar-refractivity contribution in [2.75, 3.05) is 58.9 Å². The number of carbonyl (C=O) groups is 2. The lowest BCUT2D eigenvalue weighted by atomic mass is 9.95. The first-order valence-corrected chi connectivity index (χ1v) is 14.7. The van der Waals surface area contributed by atoms with Crippen LogP contribution in [0.3, 0.4) is 0 Å². The van der Waals surface area contributed by atoms with Gasteiger partial charge >= 0.3 is 12.1 Å². The van der Waals surface area contributed by atoms with Gasteiger partial charge in [-0.1, -0.05) is 6.07 Å². The van der Waals surface area contributed by atoms with Crippen molar-refractivity contribution in [3.05, 3.63) is 52.7 Å². The van der Waals surface area contributed by atoms with Crippen LogP contribution in [0, 0.1) is 6.92 Å². The van der Waals surface area contributed by atoms with Gasteiger partial charge in [-0.05, 0) is 51.5 Å². The van der Waals surface area contributed by atoms with Crippen molar-refractivity contribution in [2.24, 2.45) is 0 Å². The summed E-state index contributed by atoms with van der Waals surface area (Å²) in [6, 6.07) is 6.95. The maximum absolute atomic E-state index is 13.5. The maximum atomic E-state index is 13.5. The molecule has 0 saturated carbocycles. The highest BCUT2D eigenvalue weighted by Crippen LogP contribution is 2.43. The van der Waals surface area contributed by atoms with Crippen LogP contribution in [0.2, 0.25) is 0 Å². The Morgan fingerprint density at radius 1 is 1.16 bits per heavy atom. The lowest BCUT2D eigenvalue weighted by Gasteiger charge is -2.43. The summed E-state index contributed by atoms with van der Waals surface area (Å²) in [6.45, 7) is 9.61. The molecule has 0 bridgehead atoms. The summed E-state index contributed by atoms with van der Waals surface area (Å²) < 4.78 is 51.2. The number of halogens is 2. The average Bonchev–Trinajstić information content (AvgIpc) is 3.43. The van der Waals surface area contributed by atoms with Crippen LogP contribution in [-0.4, -0.2) is 92.0 Å². The molecule has 2 aliphatic rings. The van der Waals surface area contributed by atoms with Gasteiger partial charge in [0.25, 0.3) is 6.43 Å². The molecule has 1 N–H and O–H groups in total. The van der Waals surface area contributed by atoms with Crippen molar-refractivity contribution >= 4 is 28.7 Å². The molecule has 2 aromatic carbocycles. The summed E-state index contributed by atoms with van der Waals surface area (Å²) in [5, 5.41) is 4.10. The Kier molecular flexibility index (Phi) is 9.03. The zero-order valence-corrected chi connectivity index (χ0v) is 26.0. The van der Waals surface area contributed by atoms with E-state index in [0.717, 1.165) is 27.6 Å². The predicted octanol–water partition coefficient (Wildman–Crippen LogP) is 5.46. The minimum Gasteiger partial charge on any atom is -0.496 e. The van der Waals surface area contributed by atoms with Crippen LogP contribution in [-0.2, 0) is 16.0 Å². The molecule has 5 rings (SSSR count). The number of nitrogens with zero attached hydrogens (tertiary/aromatic N) is 3. The Labute approximate surface area is 255 Å². The molecule has 2 aliphatic heterocycles. The van der Waals surface area contributed by atoms with Crippen LogP contribution in [0.25, 0.3) is 10.9 Å². The molecule has 238 valence electrons. The number of nitrogens with one attached hydrogen (secondary N) is 1. The summed E-state index contributed by atoms with van der Waals surface area (Å²) in [5.74, 6) is 0.684. The normalized spacial score (nSPS) is 17.6. The van der Waals surface area contributed by atoms with Gasteiger partial charge in [0.15, 0.2) is 0 Å². The van der Waals surface area contributed by atoms with Crippen molar-refractivity contribution < 1.29 is 37.3 Å². The third-order valence-corrected chi connectivity index (χ3v) is 7.98. The summed E-state index contributed by atoms with van der Waals surface area (Å²) >= 11 is 0. The molecule has 1 aromatic heterocycles. The molecule has 0 aliphatic carbocycles. The summed E-state index contributed by atoms with van der Waals surface area (Å²) in [7, 11) is 2.93. The molecular weight excluding hydrogens is 574 g/mol. The van der Waals surface area contributed by atoms with Gasteiger partial charge in [-0.2, -0.15) is 0 Å². The number of rotatable bonds is 7. The highest BCUT2D eigenvalue weighted by Gasteiger charge is 2.35. The van der Waals surface area contributed by atoms with Gasteiger partial charge < -0.3 is 24.3 Å². The maximum Gasteiger partial charge on any atom is 0.419 e. The molecule has 0 amide bonds. The number of ether oxygens (including phenoxy) is 4. The minimum absolute atomic E-state index is 0.327. The second kappa shape index (κ2) is 12.6. The number of carbonyl (C=O) groups excluding carboxylic acids is 2. The Morgan fingerprint density at radius 2 is 1.93 bits per heavy atom. The zero-order chi connectivity index (χ0) is 31.8. The molecular formula is C32H40F2N4O6. The summed E-state index contributed by atoms with van der Waals surface area (Å²) in [4.78, 5) is 29.6. The monoisotopic (exact) mass is 614 g/mol. The first-order valence-electron chi connectivity index (χ1n) is 14.7. The van der Waals surface area contributed by atoms with Crippen molar-refractivity contribution in [3.8, 4) is 11.5 Å². The Bertz CT molecular complexity index is 1550. The summed E-state index contributed by atoms with van der Waals surface area (Å²) in [6.07, 6.45) is -1.25. The van der Waals surface area contributed by atoms with Crippen LogP contribution in [0.1, 0.15) is 53.9 Å². The molecule has 0 unspecified atom stereocenters. The van der Waals surface area contributed by atoms with E-state index >= 15 is 0 Å². The first-order chi connectivity index (χ1) is 20.9. The fraction of sp³-hybridized carbons (Fsp3) is 0.500. The number of benzene rings is 2. The van der Waals surface area contributed by atoms with Gasteiger partial charge in [0.1, 0.15) is 23.7 Å². The predicted molar refractivity (Wildman–Crippen MR) is 162 cm³/mol. The van der Waals surface area contributed by atoms with E-state index in [1.165, 1.54) is 11.7 Å². The highest BCUT2D eigenvalue weighted by atomic mass is 19.3. The van der Waals surface area contributed by atoms with E-state index in [0.29, 0.717) is 62.1 Å². The first kappa shape index (κ1) is 31.5. The number of hydrogen-bond acceptors (Lipinski definition) is 9. The third-order valence-electron chi connectivity index (χ3n) is 7.98. The number of piperazine rings is 1. The van der Waals surface area contributed by atoms with E-state index in [4.69, 9.17) is 18.9 Å². The molecule has 3 aromatic rings. The Balaban J connectivity index is 1.58. The van der Waals surface area contributed by atoms with E-state index in [-0.39, 0.29) is 12.6 Å². The fourth-order valence-corrected chi connectivity index (χ4v) is 6.10. The molecule has 10 nitrogen and oxygen atoms in total. The van der Waals surface area contributed by atoms with Crippen LogP contribution in [0.5, 0.6) is 11.5 Å². The van der Waals surface area contributed by atoms with Crippen molar-refractivity contribution in [3.63, 3.8) is 0 Å². The quantitative estimate of drug-likeness (QED) is 0.349. The molecule has 12 heteroatoms. The molecule has 0 spiro atoms. The number of aryl methyl sites for hydroxylation is 1. The lowest BCUT2D eigenvalue weighted by molar-refractivity contribution is 0.0237. The number of methoxy groups -OCH3 is 2. The summed E-state index contributed by atoms with van der Waals surface area (Å²) in [5.41, 5.74) is 3.44. The second-order valence-corrected chi connectivity index (χ2v) is 12.1. The number of hydrogen-bond donors (Lipinski definition) is 1. The van der Waals surface area contributed by atoms with Gasteiger partial charge in [-0.15, -0.1) is 0 Å².